The van der Waals surface area contributed by atoms with E-state index in [9.17, 15) is 14.4 Å². The van der Waals surface area contributed by atoms with Crippen molar-refractivity contribution >= 4 is 17.9 Å². The first-order chi connectivity index (χ1) is 37.0. The molecule has 0 fully saturated rings. The molecule has 6 nitrogen and oxygen atoms in total. The third-order valence-electron chi connectivity index (χ3n) is 13.6. The van der Waals surface area contributed by atoms with Gasteiger partial charge in [0.05, 0.1) is 0 Å². The minimum absolute atomic E-state index is 0.0797. The van der Waals surface area contributed by atoms with Crippen LogP contribution in [0.15, 0.2) is 97.2 Å². The van der Waals surface area contributed by atoms with E-state index in [1.165, 1.54) is 154 Å². The molecule has 0 aromatic rings. The van der Waals surface area contributed by atoms with Gasteiger partial charge >= 0.3 is 17.9 Å². The van der Waals surface area contributed by atoms with Crippen LogP contribution in [0.4, 0.5) is 0 Å². The van der Waals surface area contributed by atoms with Crippen molar-refractivity contribution in [2.45, 2.75) is 309 Å². The maximum Gasteiger partial charge on any atom is 0.306 e. The lowest BCUT2D eigenvalue weighted by Gasteiger charge is -2.18. The smallest absolute Gasteiger partial charge is 0.306 e. The molecule has 0 aromatic heterocycles. The van der Waals surface area contributed by atoms with Crippen LogP contribution in [0.5, 0.6) is 0 Å². The zero-order valence-corrected chi connectivity index (χ0v) is 49.3. The standard InChI is InChI=1S/C69H118O6/c1-4-7-10-13-16-18-20-22-24-26-28-30-32-34-36-38-40-42-44-46-48-50-53-56-59-62-68(71)74-65-66(64-73-67(70)61-58-55-52-15-12-9-6-3)75-69(72)63-60-57-54-51-49-47-45-43-41-39-37-35-33-31-29-27-25-23-21-19-17-14-11-8-5-2/h7,10,16,18,21-24,27-30,33-36,66H,4-6,8-9,11-15,17,19-20,25-26,31-32,37-65H2,1-3H3/b10-7-,18-16-,23-21-,24-22-,29-27-,30-28-,35-33-,36-34-. The molecule has 0 rings (SSSR count). The third kappa shape index (κ3) is 61.1. The fourth-order valence-corrected chi connectivity index (χ4v) is 8.83. The molecule has 6 heteroatoms. The molecule has 430 valence electrons. The molecule has 0 aromatic carbocycles. The summed E-state index contributed by atoms with van der Waals surface area (Å²) >= 11 is 0. The van der Waals surface area contributed by atoms with Crippen LogP contribution in [0, 0.1) is 0 Å². The van der Waals surface area contributed by atoms with Crippen molar-refractivity contribution in [2.75, 3.05) is 13.2 Å². The third-order valence-corrected chi connectivity index (χ3v) is 13.6. The Morgan fingerprint density at radius 1 is 0.280 bits per heavy atom. The van der Waals surface area contributed by atoms with Crippen molar-refractivity contribution in [1.82, 2.24) is 0 Å². The average Bonchev–Trinajstić information content (AvgIpc) is 3.41. The van der Waals surface area contributed by atoms with Gasteiger partial charge in [0.15, 0.2) is 6.10 Å². The number of esters is 3. The molecule has 0 saturated carbocycles. The molecule has 75 heavy (non-hydrogen) atoms. The van der Waals surface area contributed by atoms with Gasteiger partial charge in [-0.3, -0.25) is 14.4 Å². The fraction of sp³-hybridized carbons (Fsp3) is 0.725. The second-order valence-corrected chi connectivity index (χ2v) is 20.9. The van der Waals surface area contributed by atoms with E-state index in [0.717, 1.165) is 109 Å². The predicted octanol–water partition coefficient (Wildman–Crippen LogP) is 21.7. The number of hydrogen-bond donors (Lipinski definition) is 0. The van der Waals surface area contributed by atoms with Crippen LogP contribution in [0.1, 0.15) is 303 Å². The maximum absolute atomic E-state index is 12.9. The van der Waals surface area contributed by atoms with Crippen LogP contribution < -0.4 is 0 Å². The highest BCUT2D eigenvalue weighted by Crippen LogP contribution is 2.16. The average molecular weight is 1040 g/mol. The zero-order valence-electron chi connectivity index (χ0n) is 49.3. The largest absolute Gasteiger partial charge is 0.462 e. The summed E-state index contributed by atoms with van der Waals surface area (Å²) in [7, 11) is 0. The molecule has 0 N–H and O–H groups in total. The molecule has 0 saturated heterocycles. The molecule has 0 aliphatic heterocycles. The Balaban J connectivity index is 4.17. The lowest BCUT2D eigenvalue weighted by Crippen LogP contribution is -2.30. The summed E-state index contributed by atoms with van der Waals surface area (Å²) in [5.74, 6) is -0.889. The molecule has 0 aliphatic carbocycles. The molecule has 1 unspecified atom stereocenters. The summed E-state index contributed by atoms with van der Waals surface area (Å²) < 4.78 is 16.8. The molecular formula is C69H118O6. The Morgan fingerprint density at radius 2 is 0.520 bits per heavy atom. The highest BCUT2D eigenvalue weighted by Gasteiger charge is 2.19. The second kappa shape index (κ2) is 62.9. The molecule has 0 radical (unpaired) electrons. The van der Waals surface area contributed by atoms with E-state index in [2.05, 4.69) is 118 Å². The maximum atomic E-state index is 12.9. The number of allylic oxidation sites excluding steroid dienone is 16. The number of hydrogen-bond acceptors (Lipinski definition) is 6. The highest BCUT2D eigenvalue weighted by molar-refractivity contribution is 5.71. The summed E-state index contributed by atoms with van der Waals surface area (Å²) in [4.78, 5) is 38.1. The van der Waals surface area contributed by atoms with Crippen molar-refractivity contribution in [3.63, 3.8) is 0 Å². The minimum Gasteiger partial charge on any atom is -0.462 e. The van der Waals surface area contributed by atoms with E-state index in [1.807, 2.05) is 0 Å². The summed E-state index contributed by atoms with van der Waals surface area (Å²) in [6, 6.07) is 0. The Kier molecular flexibility index (Phi) is 59.8. The summed E-state index contributed by atoms with van der Waals surface area (Å²) in [5.41, 5.74) is 0. The van der Waals surface area contributed by atoms with Gasteiger partial charge in [-0.2, -0.15) is 0 Å². The first kappa shape index (κ1) is 71.3. The Morgan fingerprint density at radius 3 is 0.813 bits per heavy atom. The van der Waals surface area contributed by atoms with E-state index >= 15 is 0 Å². The van der Waals surface area contributed by atoms with Gasteiger partial charge in [-0.05, 0) is 103 Å². The SMILES string of the molecule is CC/C=C\C/C=C\C/C=C\C/C=C\C/C=C\CCCCCCCCCCCC(=O)OCC(COC(=O)CCCCCCCCC)OC(=O)CCCCCCCCCCCC/C=C\C/C=C\C/C=C\CCCCCCC. The first-order valence-corrected chi connectivity index (χ1v) is 31.7. The van der Waals surface area contributed by atoms with E-state index in [0.29, 0.717) is 19.3 Å². The monoisotopic (exact) mass is 1040 g/mol. The minimum atomic E-state index is -0.781. The zero-order chi connectivity index (χ0) is 54.3. The van der Waals surface area contributed by atoms with Crippen LogP contribution >= 0.6 is 0 Å². The Hall–Kier alpha value is -3.67. The molecule has 0 heterocycles. The van der Waals surface area contributed by atoms with Gasteiger partial charge in [0.25, 0.3) is 0 Å². The number of ether oxygens (including phenoxy) is 3. The lowest BCUT2D eigenvalue weighted by molar-refractivity contribution is -0.167. The topological polar surface area (TPSA) is 78.9 Å². The normalized spacial score (nSPS) is 12.7. The van der Waals surface area contributed by atoms with Crippen molar-refractivity contribution in [2.24, 2.45) is 0 Å². The second-order valence-electron chi connectivity index (χ2n) is 20.9. The van der Waals surface area contributed by atoms with Crippen LogP contribution in [0.2, 0.25) is 0 Å². The van der Waals surface area contributed by atoms with Gasteiger partial charge in [0.2, 0.25) is 0 Å². The number of carbonyl (C=O) groups is 3. The van der Waals surface area contributed by atoms with Gasteiger partial charge in [-0.15, -0.1) is 0 Å². The lowest BCUT2D eigenvalue weighted by atomic mass is 10.0. The Labute approximate surface area is 464 Å². The molecule has 0 amide bonds. The van der Waals surface area contributed by atoms with Gasteiger partial charge in [0.1, 0.15) is 13.2 Å². The summed E-state index contributed by atoms with van der Waals surface area (Å²) in [6.45, 7) is 6.48. The van der Waals surface area contributed by atoms with E-state index in [-0.39, 0.29) is 31.1 Å². The molecule has 1 atom stereocenters. The number of carbonyl (C=O) groups excluding carboxylic acids is 3. The highest BCUT2D eigenvalue weighted by atomic mass is 16.6. The molecule has 0 spiro atoms. The van der Waals surface area contributed by atoms with Crippen molar-refractivity contribution in [3.05, 3.63) is 97.2 Å². The number of rotatable bonds is 57. The summed E-state index contributed by atoms with van der Waals surface area (Å²) in [5, 5.41) is 0. The van der Waals surface area contributed by atoms with Crippen molar-refractivity contribution in [1.29, 1.82) is 0 Å². The van der Waals surface area contributed by atoms with Crippen LogP contribution in [-0.2, 0) is 28.6 Å². The fourth-order valence-electron chi connectivity index (χ4n) is 8.83. The van der Waals surface area contributed by atoms with E-state index < -0.39 is 6.10 Å². The van der Waals surface area contributed by atoms with Crippen LogP contribution in [0.25, 0.3) is 0 Å². The van der Waals surface area contributed by atoms with Gasteiger partial charge in [0, 0.05) is 19.3 Å². The van der Waals surface area contributed by atoms with Crippen LogP contribution in [0.3, 0.4) is 0 Å². The predicted molar refractivity (Wildman–Crippen MR) is 325 cm³/mol. The number of unbranched alkanes of at least 4 members (excludes halogenated alkanes) is 30. The van der Waals surface area contributed by atoms with Gasteiger partial charge in [-0.1, -0.05) is 279 Å². The molecule has 0 bridgehead atoms. The van der Waals surface area contributed by atoms with Gasteiger partial charge < -0.3 is 14.2 Å². The first-order valence-electron chi connectivity index (χ1n) is 31.7. The van der Waals surface area contributed by atoms with Crippen LogP contribution in [-0.4, -0.2) is 37.2 Å². The molecular weight excluding hydrogens is 925 g/mol. The van der Waals surface area contributed by atoms with Crippen molar-refractivity contribution < 1.29 is 28.6 Å². The van der Waals surface area contributed by atoms with Gasteiger partial charge in [-0.25, -0.2) is 0 Å². The van der Waals surface area contributed by atoms with Crippen molar-refractivity contribution in [3.8, 4) is 0 Å². The Bertz CT molecular complexity index is 1480. The molecule has 0 aliphatic rings. The summed E-state index contributed by atoms with van der Waals surface area (Å²) in [6.07, 6.45) is 84.3. The van der Waals surface area contributed by atoms with E-state index in [4.69, 9.17) is 14.2 Å². The quantitative estimate of drug-likeness (QED) is 0.0261. The van der Waals surface area contributed by atoms with E-state index in [1.54, 1.807) is 0 Å².